The number of nitrogens with zero attached hydrogens (tertiary/aromatic N) is 3. The first-order valence-electron chi connectivity index (χ1n) is 5.76. The van der Waals surface area contributed by atoms with Crippen molar-refractivity contribution in [1.82, 2.24) is 14.8 Å². The van der Waals surface area contributed by atoms with Crippen LogP contribution in [-0.2, 0) is 0 Å². The number of benzene rings is 1. The van der Waals surface area contributed by atoms with Crippen molar-refractivity contribution >= 4 is 22.5 Å². The Morgan fingerprint density at radius 2 is 2.00 bits per heavy atom. The van der Waals surface area contributed by atoms with Gasteiger partial charge in [-0.05, 0) is 36.8 Å². The average Bonchev–Trinajstić information content (AvgIpc) is 2.41. The zero-order valence-electron chi connectivity index (χ0n) is 10.2. The number of rotatable bonds is 1. The van der Waals surface area contributed by atoms with Gasteiger partial charge in [0.15, 0.2) is 0 Å². The molecule has 0 bridgehead atoms. The lowest BCUT2D eigenvalue weighted by atomic mass is 10.1. The third-order valence-electron chi connectivity index (χ3n) is 2.82. The summed E-state index contributed by atoms with van der Waals surface area (Å²) >= 11 is 5.82. The largest absolute Gasteiger partial charge is 0.271 e. The van der Waals surface area contributed by atoms with Crippen molar-refractivity contribution in [3.05, 3.63) is 63.7 Å². The highest BCUT2D eigenvalue weighted by Crippen LogP contribution is 2.16. The molecule has 0 saturated heterocycles. The molecule has 2 aromatic heterocycles. The van der Waals surface area contributed by atoms with Crippen LogP contribution in [0, 0.1) is 6.92 Å². The van der Waals surface area contributed by atoms with E-state index in [-0.39, 0.29) is 10.7 Å². The molecule has 19 heavy (non-hydrogen) atoms. The van der Waals surface area contributed by atoms with E-state index in [9.17, 15) is 4.79 Å². The van der Waals surface area contributed by atoms with Crippen LogP contribution in [0.2, 0.25) is 5.15 Å². The summed E-state index contributed by atoms with van der Waals surface area (Å²) in [5.74, 6) is 0. The van der Waals surface area contributed by atoms with Crippen molar-refractivity contribution in [2.24, 2.45) is 0 Å². The van der Waals surface area contributed by atoms with Crippen molar-refractivity contribution in [2.75, 3.05) is 0 Å². The van der Waals surface area contributed by atoms with E-state index in [1.165, 1.54) is 16.8 Å². The van der Waals surface area contributed by atoms with Gasteiger partial charge in [0.2, 0.25) is 0 Å². The highest BCUT2D eigenvalue weighted by Gasteiger charge is 2.04. The highest BCUT2D eigenvalue weighted by molar-refractivity contribution is 6.29. The van der Waals surface area contributed by atoms with E-state index in [1.807, 2.05) is 31.2 Å². The summed E-state index contributed by atoms with van der Waals surface area (Å²) in [6, 6.07) is 10.5. The number of aryl methyl sites for hydroxylation is 1. The normalized spacial score (nSPS) is 10.8. The topological polar surface area (TPSA) is 47.8 Å². The molecule has 94 valence electrons. The maximum absolute atomic E-state index is 11.8. The summed E-state index contributed by atoms with van der Waals surface area (Å²) in [6.07, 6.45) is 1.79. The quantitative estimate of drug-likeness (QED) is 0.684. The van der Waals surface area contributed by atoms with E-state index in [0.717, 1.165) is 16.5 Å². The van der Waals surface area contributed by atoms with Gasteiger partial charge < -0.3 is 0 Å². The fourth-order valence-electron chi connectivity index (χ4n) is 1.93. The Balaban J connectivity index is 2.23. The molecule has 0 spiro atoms. The molecule has 0 aliphatic heterocycles. The van der Waals surface area contributed by atoms with Gasteiger partial charge >= 0.3 is 0 Å². The van der Waals surface area contributed by atoms with E-state index in [4.69, 9.17) is 11.6 Å². The van der Waals surface area contributed by atoms with E-state index in [2.05, 4.69) is 10.1 Å². The Bertz CT molecular complexity index is 826. The van der Waals surface area contributed by atoms with Gasteiger partial charge in [-0.1, -0.05) is 17.7 Å². The van der Waals surface area contributed by atoms with Crippen LogP contribution in [0.5, 0.6) is 0 Å². The molecule has 0 aliphatic rings. The first kappa shape index (κ1) is 11.9. The SMILES string of the molecule is Cc1cnc2cc(-n3nc(Cl)ccc3=O)ccc2c1. The third kappa shape index (κ3) is 2.22. The molecule has 0 saturated carbocycles. The molecule has 5 heteroatoms. The van der Waals surface area contributed by atoms with Crippen LogP contribution in [0.15, 0.2) is 47.4 Å². The lowest BCUT2D eigenvalue weighted by Crippen LogP contribution is -2.19. The van der Waals surface area contributed by atoms with Crippen LogP contribution < -0.4 is 5.56 Å². The summed E-state index contributed by atoms with van der Waals surface area (Å²) in [5, 5.41) is 5.31. The number of fused-ring (bicyclic) bond motifs is 1. The van der Waals surface area contributed by atoms with Gasteiger partial charge in [0.1, 0.15) is 5.15 Å². The van der Waals surface area contributed by atoms with Gasteiger partial charge in [-0.2, -0.15) is 9.78 Å². The second-order valence-corrected chi connectivity index (χ2v) is 4.68. The molecule has 0 unspecified atom stereocenters. The molecule has 2 heterocycles. The Labute approximate surface area is 114 Å². The maximum Gasteiger partial charge on any atom is 0.271 e. The van der Waals surface area contributed by atoms with Crippen LogP contribution in [-0.4, -0.2) is 14.8 Å². The molecule has 0 aliphatic carbocycles. The van der Waals surface area contributed by atoms with Gasteiger partial charge in [-0.3, -0.25) is 9.78 Å². The van der Waals surface area contributed by atoms with Crippen molar-refractivity contribution in [3.8, 4) is 5.69 Å². The van der Waals surface area contributed by atoms with E-state index in [1.54, 1.807) is 6.20 Å². The Morgan fingerprint density at radius 1 is 1.16 bits per heavy atom. The third-order valence-corrected chi connectivity index (χ3v) is 3.02. The number of aromatic nitrogens is 3. The summed E-state index contributed by atoms with van der Waals surface area (Å²) < 4.78 is 1.27. The van der Waals surface area contributed by atoms with Crippen LogP contribution in [0.25, 0.3) is 16.6 Å². The van der Waals surface area contributed by atoms with Crippen LogP contribution >= 0.6 is 11.6 Å². The van der Waals surface area contributed by atoms with Crippen molar-refractivity contribution in [1.29, 1.82) is 0 Å². The fourth-order valence-corrected chi connectivity index (χ4v) is 2.06. The number of pyridine rings is 1. The smallest absolute Gasteiger partial charge is 0.267 e. The van der Waals surface area contributed by atoms with E-state index in [0.29, 0.717) is 5.69 Å². The summed E-state index contributed by atoms with van der Waals surface area (Å²) in [7, 11) is 0. The molecule has 0 radical (unpaired) electrons. The number of hydrogen-bond donors (Lipinski definition) is 0. The van der Waals surface area contributed by atoms with Crippen molar-refractivity contribution in [2.45, 2.75) is 6.92 Å². The average molecular weight is 272 g/mol. The molecular formula is C14H10ClN3O. The summed E-state index contributed by atoms with van der Waals surface area (Å²) in [6.45, 7) is 1.99. The van der Waals surface area contributed by atoms with Crippen LogP contribution in [0.4, 0.5) is 0 Å². The molecule has 1 aromatic carbocycles. The molecule has 0 amide bonds. The molecule has 0 N–H and O–H groups in total. The van der Waals surface area contributed by atoms with Gasteiger partial charge in [-0.25, -0.2) is 0 Å². The minimum Gasteiger partial charge on any atom is -0.267 e. The standard InChI is InChI=1S/C14H10ClN3O/c1-9-6-10-2-3-11(7-12(10)16-8-9)18-14(19)5-4-13(15)17-18/h2-8H,1H3. The van der Waals surface area contributed by atoms with Crippen molar-refractivity contribution < 1.29 is 0 Å². The lowest BCUT2D eigenvalue weighted by Gasteiger charge is -2.06. The first-order chi connectivity index (χ1) is 9.13. The van der Waals surface area contributed by atoms with Crippen molar-refractivity contribution in [3.63, 3.8) is 0 Å². The first-order valence-corrected chi connectivity index (χ1v) is 6.14. The van der Waals surface area contributed by atoms with Gasteiger partial charge in [0.25, 0.3) is 5.56 Å². The Hall–Kier alpha value is -2.20. The molecule has 3 rings (SSSR count). The zero-order valence-corrected chi connectivity index (χ0v) is 10.9. The molecular weight excluding hydrogens is 262 g/mol. The maximum atomic E-state index is 11.8. The predicted molar refractivity (Wildman–Crippen MR) is 74.9 cm³/mol. The lowest BCUT2D eigenvalue weighted by molar-refractivity contribution is 0.808. The highest BCUT2D eigenvalue weighted by atomic mass is 35.5. The summed E-state index contributed by atoms with van der Waals surface area (Å²) in [5.41, 5.74) is 2.34. The van der Waals surface area contributed by atoms with Gasteiger partial charge in [0.05, 0.1) is 11.2 Å². The molecule has 0 atom stereocenters. The minimum absolute atomic E-state index is 0.226. The second-order valence-electron chi connectivity index (χ2n) is 4.30. The number of halogens is 1. The second kappa shape index (κ2) is 4.48. The van der Waals surface area contributed by atoms with E-state index >= 15 is 0 Å². The molecule has 0 fully saturated rings. The monoisotopic (exact) mass is 271 g/mol. The fraction of sp³-hybridized carbons (Fsp3) is 0.0714. The van der Waals surface area contributed by atoms with Gasteiger partial charge in [0, 0.05) is 17.6 Å². The minimum atomic E-state index is -0.226. The van der Waals surface area contributed by atoms with Crippen LogP contribution in [0.3, 0.4) is 0 Å². The van der Waals surface area contributed by atoms with Gasteiger partial charge in [-0.15, -0.1) is 0 Å². The zero-order chi connectivity index (χ0) is 13.4. The Morgan fingerprint density at radius 3 is 2.84 bits per heavy atom. The van der Waals surface area contributed by atoms with E-state index < -0.39 is 0 Å². The summed E-state index contributed by atoms with van der Waals surface area (Å²) in [4.78, 5) is 16.1. The van der Waals surface area contributed by atoms with Crippen LogP contribution in [0.1, 0.15) is 5.56 Å². The predicted octanol–water partition coefficient (Wildman–Crippen LogP) is 2.74. The Kier molecular flexibility index (Phi) is 2.80. The molecule has 3 aromatic rings. The number of hydrogen-bond acceptors (Lipinski definition) is 3. The molecule has 4 nitrogen and oxygen atoms in total.